The molecule has 0 radical (unpaired) electrons. The average Bonchev–Trinajstić information content (AvgIpc) is 2.92. The number of carbonyl (C=O) groups is 1. The minimum absolute atomic E-state index is 0.156. The molecule has 1 fully saturated rings. The van der Waals surface area contributed by atoms with E-state index >= 15 is 0 Å². The number of rotatable bonds is 3. The van der Waals surface area contributed by atoms with E-state index in [1.807, 2.05) is 12.1 Å². The van der Waals surface area contributed by atoms with Gasteiger partial charge in [-0.15, -0.1) is 0 Å². The minimum Gasteiger partial charge on any atom is -0.294 e. The van der Waals surface area contributed by atoms with Gasteiger partial charge in [0.2, 0.25) is 0 Å². The number of halogens is 1. The molecular weight excluding hydrogens is 239 g/mol. The summed E-state index contributed by atoms with van der Waals surface area (Å²) < 4.78 is 13.7. The largest absolute Gasteiger partial charge is 0.294 e. The van der Waals surface area contributed by atoms with Gasteiger partial charge in [-0.2, -0.15) is 0 Å². The van der Waals surface area contributed by atoms with Crippen molar-refractivity contribution in [3.63, 3.8) is 0 Å². The van der Waals surface area contributed by atoms with Crippen molar-refractivity contribution >= 4 is 16.6 Å². The van der Waals surface area contributed by atoms with E-state index in [4.69, 9.17) is 0 Å². The first kappa shape index (κ1) is 12.3. The molecule has 1 saturated carbocycles. The molecule has 0 bridgehead atoms. The summed E-state index contributed by atoms with van der Waals surface area (Å²) in [5.41, 5.74) is 0.670. The summed E-state index contributed by atoms with van der Waals surface area (Å²) in [5.74, 6) is 0.424. The van der Waals surface area contributed by atoms with Crippen LogP contribution in [0.3, 0.4) is 0 Å². The van der Waals surface area contributed by atoms with Crippen LogP contribution in [-0.4, -0.2) is 5.78 Å². The topological polar surface area (TPSA) is 17.1 Å². The maximum Gasteiger partial charge on any atom is 0.163 e. The van der Waals surface area contributed by atoms with Crippen molar-refractivity contribution in [3.8, 4) is 0 Å². The molecule has 0 spiro atoms. The van der Waals surface area contributed by atoms with Gasteiger partial charge in [0.1, 0.15) is 5.82 Å². The van der Waals surface area contributed by atoms with E-state index in [-0.39, 0.29) is 11.6 Å². The van der Waals surface area contributed by atoms with Crippen LogP contribution in [0.1, 0.15) is 42.5 Å². The van der Waals surface area contributed by atoms with Gasteiger partial charge >= 0.3 is 0 Å². The molecule has 1 aliphatic rings. The van der Waals surface area contributed by atoms with Gasteiger partial charge < -0.3 is 0 Å². The highest BCUT2D eigenvalue weighted by atomic mass is 19.1. The lowest BCUT2D eigenvalue weighted by molar-refractivity contribution is 0.0964. The Bertz CT molecular complexity index is 612. The second-order valence-corrected chi connectivity index (χ2v) is 5.42. The van der Waals surface area contributed by atoms with E-state index in [9.17, 15) is 9.18 Å². The Balaban J connectivity index is 1.95. The Hall–Kier alpha value is -1.70. The molecular formula is C17H17FO. The lowest BCUT2D eigenvalue weighted by Crippen LogP contribution is -2.06. The zero-order chi connectivity index (χ0) is 13.2. The standard InChI is InChI=1S/C17H17FO/c18-16-10-9-15(13-7-3-4-8-14(13)16)17(19)11-12-5-1-2-6-12/h3-4,7-10,12H,1-2,5-6,11H2. The van der Waals surface area contributed by atoms with Gasteiger partial charge in [0.25, 0.3) is 0 Å². The Morgan fingerprint density at radius 3 is 2.47 bits per heavy atom. The first-order chi connectivity index (χ1) is 9.25. The van der Waals surface area contributed by atoms with Crippen LogP contribution in [-0.2, 0) is 0 Å². The van der Waals surface area contributed by atoms with Crippen molar-refractivity contribution in [2.75, 3.05) is 0 Å². The minimum atomic E-state index is -0.256. The van der Waals surface area contributed by atoms with E-state index in [0.29, 0.717) is 23.3 Å². The molecule has 0 N–H and O–H groups in total. The van der Waals surface area contributed by atoms with Crippen molar-refractivity contribution in [3.05, 3.63) is 47.8 Å². The van der Waals surface area contributed by atoms with E-state index in [1.165, 1.54) is 18.9 Å². The zero-order valence-electron chi connectivity index (χ0n) is 10.9. The summed E-state index contributed by atoms with van der Waals surface area (Å²) in [7, 11) is 0. The number of benzene rings is 2. The van der Waals surface area contributed by atoms with Crippen LogP contribution in [0.4, 0.5) is 4.39 Å². The fourth-order valence-electron chi connectivity index (χ4n) is 3.09. The smallest absolute Gasteiger partial charge is 0.163 e. The van der Waals surface area contributed by atoms with Crippen LogP contribution >= 0.6 is 0 Å². The summed E-state index contributed by atoms with van der Waals surface area (Å²) in [4.78, 5) is 12.4. The predicted octanol–water partition coefficient (Wildman–Crippen LogP) is 4.74. The van der Waals surface area contributed by atoms with Gasteiger partial charge in [0.05, 0.1) is 0 Å². The molecule has 19 heavy (non-hydrogen) atoms. The maximum atomic E-state index is 13.7. The number of hydrogen-bond donors (Lipinski definition) is 0. The Morgan fingerprint density at radius 2 is 1.74 bits per heavy atom. The van der Waals surface area contributed by atoms with Crippen molar-refractivity contribution in [2.24, 2.45) is 5.92 Å². The molecule has 98 valence electrons. The van der Waals surface area contributed by atoms with E-state index < -0.39 is 0 Å². The van der Waals surface area contributed by atoms with E-state index in [0.717, 1.165) is 18.2 Å². The molecule has 0 aliphatic heterocycles. The fraction of sp³-hybridized carbons (Fsp3) is 0.353. The third kappa shape index (κ3) is 2.40. The molecule has 0 unspecified atom stereocenters. The first-order valence-corrected chi connectivity index (χ1v) is 6.96. The third-order valence-corrected chi connectivity index (χ3v) is 4.12. The molecule has 2 aromatic carbocycles. The number of fused-ring (bicyclic) bond motifs is 1. The highest BCUT2D eigenvalue weighted by Crippen LogP contribution is 2.30. The summed E-state index contributed by atoms with van der Waals surface area (Å²) in [5, 5.41) is 1.28. The molecule has 0 heterocycles. The summed E-state index contributed by atoms with van der Waals surface area (Å²) in [6, 6.07) is 10.3. The van der Waals surface area contributed by atoms with Crippen molar-refractivity contribution in [1.82, 2.24) is 0 Å². The normalized spacial score (nSPS) is 16.1. The average molecular weight is 256 g/mol. The second kappa shape index (κ2) is 5.12. The molecule has 0 amide bonds. The second-order valence-electron chi connectivity index (χ2n) is 5.42. The Kier molecular flexibility index (Phi) is 3.33. The van der Waals surface area contributed by atoms with Crippen LogP contribution in [0.25, 0.3) is 10.8 Å². The van der Waals surface area contributed by atoms with Crippen molar-refractivity contribution < 1.29 is 9.18 Å². The molecule has 0 atom stereocenters. The fourth-order valence-corrected chi connectivity index (χ4v) is 3.09. The first-order valence-electron chi connectivity index (χ1n) is 6.96. The van der Waals surface area contributed by atoms with Crippen LogP contribution in [0.5, 0.6) is 0 Å². The van der Waals surface area contributed by atoms with Crippen LogP contribution in [0.2, 0.25) is 0 Å². The van der Waals surface area contributed by atoms with Gasteiger partial charge in [-0.3, -0.25) is 4.79 Å². The quantitative estimate of drug-likeness (QED) is 0.725. The summed E-state index contributed by atoms with van der Waals surface area (Å²) in [6.07, 6.45) is 5.40. The molecule has 1 nitrogen and oxygen atoms in total. The van der Waals surface area contributed by atoms with Crippen LogP contribution in [0.15, 0.2) is 36.4 Å². The summed E-state index contributed by atoms with van der Waals surface area (Å²) >= 11 is 0. The zero-order valence-corrected chi connectivity index (χ0v) is 10.9. The predicted molar refractivity (Wildman–Crippen MR) is 74.8 cm³/mol. The highest BCUT2D eigenvalue weighted by Gasteiger charge is 2.20. The van der Waals surface area contributed by atoms with E-state index in [1.54, 1.807) is 18.2 Å². The molecule has 3 rings (SSSR count). The van der Waals surface area contributed by atoms with E-state index in [2.05, 4.69) is 0 Å². The van der Waals surface area contributed by atoms with Gasteiger partial charge in [-0.05, 0) is 23.4 Å². The molecule has 0 aromatic heterocycles. The lowest BCUT2D eigenvalue weighted by atomic mass is 9.94. The highest BCUT2D eigenvalue weighted by molar-refractivity contribution is 6.08. The molecule has 2 heteroatoms. The number of ketones is 1. The third-order valence-electron chi connectivity index (χ3n) is 4.12. The Labute approximate surface area is 112 Å². The Morgan fingerprint density at radius 1 is 1.05 bits per heavy atom. The molecule has 2 aromatic rings. The van der Waals surface area contributed by atoms with Gasteiger partial charge in [-0.25, -0.2) is 4.39 Å². The van der Waals surface area contributed by atoms with Gasteiger partial charge in [0, 0.05) is 17.4 Å². The number of Topliss-reactive ketones (excluding diaryl/α,β-unsaturated/α-hetero) is 1. The van der Waals surface area contributed by atoms with Gasteiger partial charge in [-0.1, -0.05) is 49.9 Å². The summed E-state index contributed by atoms with van der Waals surface area (Å²) in [6.45, 7) is 0. The lowest BCUT2D eigenvalue weighted by Gasteiger charge is -2.10. The maximum absolute atomic E-state index is 13.7. The monoisotopic (exact) mass is 256 g/mol. The number of carbonyl (C=O) groups excluding carboxylic acids is 1. The van der Waals surface area contributed by atoms with Crippen LogP contribution in [0, 0.1) is 11.7 Å². The SMILES string of the molecule is O=C(CC1CCCC1)c1ccc(F)c2ccccc12. The molecule has 0 saturated heterocycles. The molecule has 1 aliphatic carbocycles. The van der Waals surface area contributed by atoms with Crippen molar-refractivity contribution in [2.45, 2.75) is 32.1 Å². The van der Waals surface area contributed by atoms with Crippen molar-refractivity contribution in [1.29, 1.82) is 0 Å². The number of hydrogen-bond acceptors (Lipinski definition) is 1. The van der Waals surface area contributed by atoms with Crippen LogP contribution < -0.4 is 0 Å². The van der Waals surface area contributed by atoms with Gasteiger partial charge in [0.15, 0.2) is 5.78 Å².